The van der Waals surface area contributed by atoms with Gasteiger partial charge in [-0.05, 0) is 71.0 Å². The maximum absolute atomic E-state index is 12.9. The first kappa shape index (κ1) is 27.9. The average Bonchev–Trinajstić information content (AvgIpc) is 3.30. The molecular weight excluding hydrogens is 522 g/mol. The van der Waals surface area contributed by atoms with Crippen LogP contribution in [0.1, 0.15) is 57.9 Å². The molecule has 0 saturated carbocycles. The van der Waals surface area contributed by atoms with Gasteiger partial charge in [-0.1, -0.05) is 37.3 Å². The molecule has 0 aromatic heterocycles. The number of amides is 5. The van der Waals surface area contributed by atoms with Gasteiger partial charge in [-0.15, -0.1) is 0 Å². The summed E-state index contributed by atoms with van der Waals surface area (Å²) in [5, 5.41) is 7.94. The topological polar surface area (TPSA) is 143 Å². The lowest BCUT2D eigenvalue weighted by molar-refractivity contribution is -0.136. The summed E-state index contributed by atoms with van der Waals surface area (Å²) in [6.07, 6.45) is 1.42. The van der Waals surface area contributed by atoms with E-state index >= 15 is 0 Å². The van der Waals surface area contributed by atoms with Gasteiger partial charge in [0.05, 0.1) is 0 Å². The number of hydrogen-bond acceptors (Lipinski definition) is 6. The molecule has 1 fully saturated rings. The number of nitrogens with zero attached hydrogens (tertiary/aromatic N) is 1. The number of nitrogens with two attached hydrogens (primary N) is 1. The molecule has 5 N–H and O–H groups in total. The number of piperidine rings is 1. The molecule has 3 aromatic carbocycles. The lowest BCUT2D eigenvalue weighted by Crippen LogP contribution is -2.52. The van der Waals surface area contributed by atoms with Crippen molar-refractivity contribution in [1.82, 2.24) is 15.5 Å². The molecule has 3 aromatic rings. The number of benzene rings is 3. The largest absolute Gasteiger partial charge is 0.489 e. The number of carbonyl (C=O) groups is 4. The minimum absolute atomic E-state index is 0.209. The number of urea groups is 1. The van der Waals surface area contributed by atoms with E-state index in [1.807, 2.05) is 12.1 Å². The summed E-state index contributed by atoms with van der Waals surface area (Å²) < 4.78 is 5.95. The molecule has 41 heavy (non-hydrogen) atoms. The Morgan fingerprint density at radius 3 is 2.54 bits per heavy atom. The smallest absolute Gasteiger partial charge is 0.319 e. The summed E-state index contributed by atoms with van der Waals surface area (Å²) in [6, 6.07) is 17.7. The van der Waals surface area contributed by atoms with Crippen LogP contribution < -0.4 is 26.4 Å². The van der Waals surface area contributed by atoms with E-state index in [4.69, 9.17) is 10.5 Å². The predicted octanol–water partition coefficient (Wildman–Crippen LogP) is 3.37. The molecule has 1 unspecified atom stereocenters. The Bertz CT molecular complexity index is 1490. The third kappa shape index (κ3) is 6.38. The highest BCUT2D eigenvalue weighted by atomic mass is 16.5. The number of nitrogens with one attached hydrogen (secondary N) is 3. The first-order valence-electron chi connectivity index (χ1n) is 13.7. The molecule has 10 heteroatoms. The van der Waals surface area contributed by atoms with Gasteiger partial charge in [0.25, 0.3) is 5.91 Å². The Morgan fingerprint density at radius 2 is 1.80 bits per heavy atom. The summed E-state index contributed by atoms with van der Waals surface area (Å²) >= 11 is 0. The first-order chi connectivity index (χ1) is 19.8. The molecule has 0 radical (unpaired) electrons. The van der Waals surface area contributed by atoms with Crippen molar-refractivity contribution in [1.29, 1.82) is 0 Å². The number of carbonyl (C=O) groups excluding carboxylic acids is 4. The van der Waals surface area contributed by atoms with Crippen LogP contribution in [0.3, 0.4) is 0 Å². The minimum Gasteiger partial charge on any atom is -0.489 e. The lowest BCUT2D eigenvalue weighted by atomic mass is 10.0. The Hall–Kier alpha value is -4.70. The highest BCUT2D eigenvalue weighted by Gasteiger charge is 2.39. The van der Waals surface area contributed by atoms with Crippen molar-refractivity contribution >= 4 is 29.4 Å². The van der Waals surface area contributed by atoms with E-state index in [0.29, 0.717) is 36.6 Å². The summed E-state index contributed by atoms with van der Waals surface area (Å²) in [7, 11) is 0. The van der Waals surface area contributed by atoms with Crippen molar-refractivity contribution in [3.05, 3.63) is 94.0 Å². The lowest BCUT2D eigenvalue weighted by Gasteiger charge is -2.29. The van der Waals surface area contributed by atoms with Gasteiger partial charge in [0.1, 0.15) is 18.4 Å². The van der Waals surface area contributed by atoms with E-state index in [0.717, 1.165) is 28.7 Å². The Kier molecular flexibility index (Phi) is 8.30. The van der Waals surface area contributed by atoms with Crippen molar-refractivity contribution in [3.63, 3.8) is 0 Å². The molecule has 5 amide bonds. The quantitative estimate of drug-likeness (QED) is 0.298. The number of rotatable bonds is 9. The molecule has 0 aliphatic carbocycles. The summed E-state index contributed by atoms with van der Waals surface area (Å²) in [5.41, 5.74) is 11.9. The zero-order valence-electron chi connectivity index (χ0n) is 22.9. The third-order valence-electron chi connectivity index (χ3n) is 7.43. The Labute approximate surface area is 238 Å². The van der Waals surface area contributed by atoms with Gasteiger partial charge in [-0.25, -0.2) is 4.79 Å². The summed E-state index contributed by atoms with van der Waals surface area (Å²) in [6.45, 7) is 3.60. The minimum atomic E-state index is -0.659. The first-order valence-corrected chi connectivity index (χ1v) is 13.7. The molecule has 2 heterocycles. The molecular formula is C31H33N5O5. The van der Waals surface area contributed by atoms with Crippen molar-refractivity contribution in [2.45, 2.75) is 58.5 Å². The number of anilines is 1. The van der Waals surface area contributed by atoms with Gasteiger partial charge >= 0.3 is 6.03 Å². The van der Waals surface area contributed by atoms with E-state index in [9.17, 15) is 19.2 Å². The fourth-order valence-corrected chi connectivity index (χ4v) is 5.17. The SMILES string of the molecule is CCc1cc(CN)ccc1COc1ccc(NC(=O)NCc2ccc3c(c2)CN(C2CCC(=O)NC2=O)C3=O)cc1. The van der Waals surface area contributed by atoms with Crippen LogP contribution in [0.15, 0.2) is 60.7 Å². The second-order valence-corrected chi connectivity index (χ2v) is 10.2. The monoisotopic (exact) mass is 555 g/mol. The average molecular weight is 556 g/mol. The van der Waals surface area contributed by atoms with Crippen molar-refractivity contribution < 1.29 is 23.9 Å². The zero-order valence-corrected chi connectivity index (χ0v) is 22.9. The number of fused-ring (bicyclic) bond motifs is 1. The van der Waals surface area contributed by atoms with Crippen LogP contribution in [0, 0.1) is 0 Å². The maximum Gasteiger partial charge on any atom is 0.319 e. The molecule has 1 saturated heterocycles. The van der Waals surface area contributed by atoms with Crippen LogP contribution in [0.4, 0.5) is 10.5 Å². The van der Waals surface area contributed by atoms with Crippen molar-refractivity contribution in [3.8, 4) is 5.75 Å². The van der Waals surface area contributed by atoms with E-state index in [2.05, 4.69) is 35.0 Å². The van der Waals surface area contributed by atoms with Gasteiger partial charge in [0, 0.05) is 37.3 Å². The fourth-order valence-electron chi connectivity index (χ4n) is 5.17. The Morgan fingerprint density at radius 1 is 1.02 bits per heavy atom. The van der Waals surface area contributed by atoms with E-state index in [1.165, 1.54) is 10.5 Å². The van der Waals surface area contributed by atoms with Crippen LogP contribution in [0.5, 0.6) is 5.75 Å². The van der Waals surface area contributed by atoms with Crippen LogP contribution in [-0.2, 0) is 42.3 Å². The van der Waals surface area contributed by atoms with Crippen molar-refractivity contribution in [2.24, 2.45) is 5.73 Å². The highest BCUT2D eigenvalue weighted by molar-refractivity contribution is 6.05. The molecule has 0 bridgehead atoms. The van der Waals surface area contributed by atoms with Crippen LogP contribution >= 0.6 is 0 Å². The molecule has 5 rings (SSSR count). The number of imide groups is 1. The standard InChI is InChI=1S/C31H33N5O5/c1-2-21-13-19(15-32)3-5-22(21)18-41-25-8-6-24(7-9-25)34-31(40)33-16-20-4-10-26-23(14-20)17-36(30(26)39)27-11-12-28(37)35-29(27)38/h3-10,13-14,27H,2,11-12,15-18,32H2,1H3,(H2,33,34,40)(H,35,37,38). The highest BCUT2D eigenvalue weighted by Crippen LogP contribution is 2.28. The number of ether oxygens (including phenoxy) is 1. The van der Waals surface area contributed by atoms with Gasteiger partial charge < -0.3 is 26.0 Å². The fraction of sp³-hybridized carbons (Fsp3) is 0.290. The third-order valence-corrected chi connectivity index (χ3v) is 7.43. The second kappa shape index (κ2) is 12.2. The molecule has 10 nitrogen and oxygen atoms in total. The molecule has 2 aliphatic heterocycles. The van der Waals surface area contributed by atoms with E-state index < -0.39 is 11.9 Å². The van der Waals surface area contributed by atoms with Crippen LogP contribution in [0.25, 0.3) is 0 Å². The van der Waals surface area contributed by atoms with E-state index in [-0.39, 0.29) is 37.4 Å². The zero-order chi connectivity index (χ0) is 28.9. The summed E-state index contributed by atoms with van der Waals surface area (Å²) in [5.74, 6) is -0.292. The second-order valence-electron chi connectivity index (χ2n) is 10.2. The molecule has 212 valence electrons. The Balaban J connectivity index is 1.11. The molecule has 0 spiro atoms. The normalized spacial score (nSPS) is 16.3. The number of hydrogen-bond donors (Lipinski definition) is 4. The molecule has 1 atom stereocenters. The van der Waals surface area contributed by atoms with Crippen LogP contribution in [-0.4, -0.2) is 34.7 Å². The van der Waals surface area contributed by atoms with Gasteiger partial charge in [0.2, 0.25) is 11.8 Å². The van der Waals surface area contributed by atoms with Gasteiger partial charge in [-0.3, -0.25) is 19.7 Å². The van der Waals surface area contributed by atoms with Gasteiger partial charge in [-0.2, -0.15) is 0 Å². The van der Waals surface area contributed by atoms with Crippen LogP contribution in [0.2, 0.25) is 0 Å². The summed E-state index contributed by atoms with van der Waals surface area (Å²) in [4.78, 5) is 50.6. The number of aryl methyl sites for hydroxylation is 1. The van der Waals surface area contributed by atoms with Gasteiger partial charge in [0.15, 0.2) is 0 Å². The molecule has 2 aliphatic rings. The predicted molar refractivity (Wildman–Crippen MR) is 153 cm³/mol. The maximum atomic E-state index is 12.9. The van der Waals surface area contributed by atoms with E-state index in [1.54, 1.807) is 36.4 Å². The van der Waals surface area contributed by atoms with Crippen molar-refractivity contribution in [2.75, 3.05) is 5.32 Å².